The summed E-state index contributed by atoms with van der Waals surface area (Å²) in [5.41, 5.74) is 1.92. The Labute approximate surface area is 99.1 Å². The van der Waals surface area contributed by atoms with E-state index in [1.54, 1.807) is 12.4 Å². The summed E-state index contributed by atoms with van der Waals surface area (Å²) in [6.07, 6.45) is 3.37. The molecule has 1 aromatic carbocycles. The lowest BCUT2D eigenvalue weighted by Crippen LogP contribution is -1.92. The van der Waals surface area contributed by atoms with Crippen LogP contribution in [0.5, 0.6) is 5.75 Å². The van der Waals surface area contributed by atoms with E-state index >= 15 is 0 Å². The van der Waals surface area contributed by atoms with Crippen molar-refractivity contribution in [2.24, 2.45) is 0 Å². The Kier molecular flexibility index (Phi) is 3.31. The van der Waals surface area contributed by atoms with Gasteiger partial charge in [0.15, 0.2) is 0 Å². The number of rotatable bonds is 3. The molecule has 1 heterocycles. The van der Waals surface area contributed by atoms with Crippen LogP contribution in [0, 0.1) is 4.64 Å². The van der Waals surface area contributed by atoms with E-state index in [-0.39, 0.29) is 0 Å². The van der Waals surface area contributed by atoms with Crippen LogP contribution in [0.1, 0.15) is 6.92 Å². The Morgan fingerprint density at radius 2 is 2.25 bits per heavy atom. The third-order valence-electron chi connectivity index (χ3n) is 2.11. The van der Waals surface area contributed by atoms with E-state index in [9.17, 15) is 0 Å². The molecule has 0 saturated heterocycles. The number of aromatic amines is 1. The van der Waals surface area contributed by atoms with Gasteiger partial charge in [0.2, 0.25) is 0 Å². The van der Waals surface area contributed by atoms with Crippen LogP contribution in [0.25, 0.3) is 11.3 Å². The largest absolute Gasteiger partial charge is 0.494 e. The second-order valence-corrected chi connectivity index (χ2v) is 3.71. The molecule has 0 fully saturated rings. The molecule has 4 heteroatoms. The fourth-order valence-electron chi connectivity index (χ4n) is 1.44. The summed E-state index contributed by atoms with van der Waals surface area (Å²) < 4.78 is 6.06. The number of nitrogens with one attached hydrogen (secondary N) is 1. The summed E-state index contributed by atoms with van der Waals surface area (Å²) >= 11 is 5.03. The highest BCUT2D eigenvalue weighted by Gasteiger charge is 1.99. The van der Waals surface area contributed by atoms with Gasteiger partial charge in [-0.05, 0) is 19.1 Å². The lowest BCUT2D eigenvalue weighted by Gasteiger charge is -2.05. The van der Waals surface area contributed by atoms with E-state index in [4.69, 9.17) is 17.0 Å². The number of nitrogens with zero attached hydrogens (tertiary/aromatic N) is 1. The van der Waals surface area contributed by atoms with Gasteiger partial charge in [-0.2, -0.15) is 0 Å². The molecular weight excluding hydrogens is 220 g/mol. The Hall–Kier alpha value is -1.68. The minimum absolute atomic E-state index is 0.624. The zero-order valence-corrected chi connectivity index (χ0v) is 9.75. The molecule has 1 aromatic heterocycles. The average Bonchev–Trinajstić information content (AvgIpc) is 2.30. The van der Waals surface area contributed by atoms with Gasteiger partial charge in [0, 0.05) is 5.56 Å². The molecule has 0 aliphatic carbocycles. The molecule has 0 atom stereocenters. The van der Waals surface area contributed by atoms with Crippen molar-refractivity contribution in [3.63, 3.8) is 0 Å². The number of hydrogen-bond donors (Lipinski definition) is 1. The van der Waals surface area contributed by atoms with Gasteiger partial charge in [-0.3, -0.25) is 4.98 Å². The quantitative estimate of drug-likeness (QED) is 0.826. The van der Waals surface area contributed by atoms with E-state index in [0.717, 1.165) is 17.0 Å². The fourth-order valence-corrected chi connectivity index (χ4v) is 1.61. The lowest BCUT2D eigenvalue weighted by atomic mass is 10.1. The summed E-state index contributed by atoms with van der Waals surface area (Å²) in [7, 11) is 0. The Bertz CT molecular complexity index is 536. The van der Waals surface area contributed by atoms with E-state index in [1.165, 1.54) is 0 Å². The molecule has 3 nitrogen and oxygen atoms in total. The van der Waals surface area contributed by atoms with Gasteiger partial charge in [0.25, 0.3) is 0 Å². The summed E-state index contributed by atoms with van der Waals surface area (Å²) in [5.74, 6) is 0.850. The van der Waals surface area contributed by atoms with Crippen LogP contribution >= 0.6 is 12.2 Å². The average molecular weight is 232 g/mol. The minimum atomic E-state index is 0.624. The van der Waals surface area contributed by atoms with E-state index in [1.807, 2.05) is 31.2 Å². The maximum atomic E-state index is 5.44. The Morgan fingerprint density at radius 1 is 1.38 bits per heavy atom. The molecule has 0 aliphatic rings. The standard InChI is InChI=1S/C12H12N2OS/c1-2-15-10-5-3-4-9(6-10)11-7-13-8-12(16)14-11/h3-8H,2H2,1H3,(H,14,16). The molecule has 82 valence electrons. The van der Waals surface area contributed by atoms with Crippen molar-refractivity contribution in [3.05, 3.63) is 41.3 Å². The molecule has 1 N–H and O–H groups in total. The summed E-state index contributed by atoms with van der Waals surface area (Å²) in [5, 5.41) is 0. The van der Waals surface area contributed by atoms with Crippen LogP contribution in [0.15, 0.2) is 36.7 Å². The van der Waals surface area contributed by atoms with Crippen molar-refractivity contribution in [1.29, 1.82) is 0 Å². The van der Waals surface area contributed by atoms with Crippen LogP contribution in [-0.2, 0) is 0 Å². The molecule has 0 saturated carbocycles. The van der Waals surface area contributed by atoms with Crippen LogP contribution in [0.2, 0.25) is 0 Å². The first-order valence-electron chi connectivity index (χ1n) is 5.07. The number of benzene rings is 1. The van der Waals surface area contributed by atoms with Crippen molar-refractivity contribution in [2.75, 3.05) is 6.61 Å². The first-order valence-corrected chi connectivity index (χ1v) is 5.48. The number of ether oxygens (including phenoxy) is 1. The van der Waals surface area contributed by atoms with E-state index in [0.29, 0.717) is 11.2 Å². The SMILES string of the molecule is CCOc1cccc(-c2cncc(=S)[nH]2)c1. The number of H-pyrrole nitrogens is 1. The summed E-state index contributed by atoms with van der Waals surface area (Å²) in [6.45, 7) is 2.62. The zero-order chi connectivity index (χ0) is 11.4. The Balaban J connectivity index is 2.40. The predicted molar refractivity (Wildman–Crippen MR) is 66.0 cm³/mol. The number of hydrogen-bond acceptors (Lipinski definition) is 3. The molecule has 2 aromatic rings. The van der Waals surface area contributed by atoms with Crippen LogP contribution in [0.3, 0.4) is 0 Å². The zero-order valence-electron chi connectivity index (χ0n) is 8.93. The second-order valence-electron chi connectivity index (χ2n) is 3.27. The molecule has 0 aliphatic heterocycles. The number of aromatic nitrogens is 2. The van der Waals surface area contributed by atoms with Crippen LogP contribution in [0.4, 0.5) is 0 Å². The van der Waals surface area contributed by atoms with Crippen LogP contribution < -0.4 is 4.74 Å². The predicted octanol–water partition coefficient (Wildman–Crippen LogP) is 3.20. The third-order valence-corrected chi connectivity index (χ3v) is 2.32. The maximum Gasteiger partial charge on any atom is 0.122 e. The molecular formula is C12H12N2OS. The first-order chi connectivity index (χ1) is 7.79. The summed E-state index contributed by atoms with van der Waals surface area (Å²) in [6, 6.07) is 7.83. The molecule has 16 heavy (non-hydrogen) atoms. The molecule has 0 amide bonds. The fraction of sp³-hybridized carbons (Fsp3) is 0.167. The molecule has 0 unspecified atom stereocenters. The third kappa shape index (κ3) is 2.46. The van der Waals surface area contributed by atoms with Gasteiger partial charge in [-0.1, -0.05) is 24.4 Å². The maximum absolute atomic E-state index is 5.44. The van der Waals surface area contributed by atoms with Crippen molar-refractivity contribution in [1.82, 2.24) is 9.97 Å². The van der Waals surface area contributed by atoms with Gasteiger partial charge in [0.1, 0.15) is 10.4 Å². The molecule has 0 spiro atoms. The van der Waals surface area contributed by atoms with Crippen LogP contribution in [-0.4, -0.2) is 16.6 Å². The van der Waals surface area contributed by atoms with Gasteiger partial charge >= 0.3 is 0 Å². The smallest absolute Gasteiger partial charge is 0.122 e. The Morgan fingerprint density at radius 3 is 3.00 bits per heavy atom. The highest BCUT2D eigenvalue weighted by Crippen LogP contribution is 2.21. The van der Waals surface area contributed by atoms with Gasteiger partial charge < -0.3 is 9.72 Å². The monoisotopic (exact) mass is 232 g/mol. The minimum Gasteiger partial charge on any atom is -0.494 e. The van der Waals surface area contributed by atoms with E-state index in [2.05, 4.69) is 9.97 Å². The van der Waals surface area contributed by atoms with E-state index < -0.39 is 0 Å². The van der Waals surface area contributed by atoms with Crippen molar-refractivity contribution >= 4 is 12.2 Å². The highest BCUT2D eigenvalue weighted by atomic mass is 32.1. The van der Waals surface area contributed by atoms with Crippen molar-refractivity contribution in [3.8, 4) is 17.0 Å². The lowest BCUT2D eigenvalue weighted by molar-refractivity contribution is 0.340. The molecule has 0 bridgehead atoms. The highest BCUT2D eigenvalue weighted by molar-refractivity contribution is 7.71. The van der Waals surface area contributed by atoms with Gasteiger partial charge in [0.05, 0.1) is 24.7 Å². The first kappa shape index (κ1) is 10.8. The summed E-state index contributed by atoms with van der Waals surface area (Å²) in [4.78, 5) is 7.15. The van der Waals surface area contributed by atoms with Crippen molar-refractivity contribution < 1.29 is 4.74 Å². The normalized spacial score (nSPS) is 10.1. The molecule has 2 rings (SSSR count). The second kappa shape index (κ2) is 4.90. The van der Waals surface area contributed by atoms with Gasteiger partial charge in [-0.15, -0.1) is 0 Å². The topological polar surface area (TPSA) is 37.9 Å². The molecule has 0 radical (unpaired) electrons. The van der Waals surface area contributed by atoms with Crippen molar-refractivity contribution in [2.45, 2.75) is 6.92 Å². The van der Waals surface area contributed by atoms with Gasteiger partial charge in [-0.25, -0.2) is 0 Å².